The molecule has 0 saturated carbocycles. The molecule has 0 fully saturated rings. The molecule has 1 aromatic carbocycles. The maximum Gasteiger partial charge on any atom is 0.119 e. The van der Waals surface area contributed by atoms with Crippen LogP contribution in [0.15, 0.2) is 24.3 Å². The van der Waals surface area contributed by atoms with E-state index in [1.54, 1.807) is 14.0 Å². The SMILES string of the molecule is COCCCOc1ccc([C@H](C)O)cc1. The number of benzene rings is 1. The summed E-state index contributed by atoms with van der Waals surface area (Å²) in [5.74, 6) is 0.829. The number of ether oxygens (including phenoxy) is 2. The summed E-state index contributed by atoms with van der Waals surface area (Å²) in [7, 11) is 1.68. The first-order valence-corrected chi connectivity index (χ1v) is 5.14. The molecule has 1 rings (SSSR count). The van der Waals surface area contributed by atoms with Gasteiger partial charge in [-0.1, -0.05) is 12.1 Å². The van der Waals surface area contributed by atoms with Gasteiger partial charge in [-0.05, 0) is 24.6 Å². The molecule has 1 N–H and O–H groups in total. The van der Waals surface area contributed by atoms with E-state index in [0.717, 1.165) is 17.7 Å². The highest BCUT2D eigenvalue weighted by atomic mass is 16.5. The van der Waals surface area contributed by atoms with Crippen LogP contribution in [0.5, 0.6) is 5.75 Å². The van der Waals surface area contributed by atoms with Crippen molar-refractivity contribution in [1.82, 2.24) is 0 Å². The van der Waals surface area contributed by atoms with Crippen molar-refractivity contribution in [2.24, 2.45) is 0 Å². The Morgan fingerprint density at radius 3 is 2.40 bits per heavy atom. The molecule has 0 amide bonds. The molecule has 84 valence electrons. The van der Waals surface area contributed by atoms with E-state index in [1.807, 2.05) is 24.3 Å². The Kier molecular flexibility index (Phi) is 5.15. The minimum absolute atomic E-state index is 0.424. The Bertz CT molecular complexity index is 267. The molecule has 0 heterocycles. The van der Waals surface area contributed by atoms with E-state index in [4.69, 9.17) is 9.47 Å². The number of hydrogen-bond donors (Lipinski definition) is 1. The van der Waals surface area contributed by atoms with E-state index in [9.17, 15) is 5.11 Å². The Hall–Kier alpha value is -1.06. The second-order valence-electron chi connectivity index (χ2n) is 3.44. The Morgan fingerprint density at radius 1 is 1.20 bits per heavy atom. The van der Waals surface area contributed by atoms with Crippen molar-refractivity contribution in [3.63, 3.8) is 0 Å². The smallest absolute Gasteiger partial charge is 0.119 e. The Labute approximate surface area is 90.6 Å². The van der Waals surface area contributed by atoms with Gasteiger partial charge in [-0.25, -0.2) is 0 Å². The molecule has 1 aromatic rings. The predicted octanol–water partition coefficient (Wildman–Crippen LogP) is 2.16. The summed E-state index contributed by atoms with van der Waals surface area (Å²) in [6, 6.07) is 7.48. The van der Waals surface area contributed by atoms with Crippen LogP contribution in [0, 0.1) is 0 Å². The summed E-state index contributed by atoms with van der Waals surface area (Å²) < 4.78 is 10.4. The normalized spacial score (nSPS) is 12.5. The lowest BCUT2D eigenvalue weighted by Gasteiger charge is -2.08. The van der Waals surface area contributed by atoms with E-state index in [2.05, 4.69) is 0 Å². The average molecular weight is 210 g/mol. The van der Waals surface area contributed by atoms with Crippen LogP contribution in [-0.4, -0.2) is 25.4 Å². The zero-order valence-corrected chi connectivity index (χ0v) is 9.27. The van der Waals surface area contributed by atoms with E-state index in [-0.39, 0.29) is 0 Å². The molecule has 1 atom stereocenters. The van der Waals surface area contributed by atoms with Gasteiger partial charge in [0.25, 0.3) is 0 Å². The largest absolute Gasteiger partial charge is 0.494 e. The Morgan fingerprint density at radius 2 is 1.87 bits per heavy atom. The lowest BCUT2D eigenvalue weighted by atomic mass is 10.1. The first kappa shape index (κ1) is 12.0. The van der Waals surface area contributed by atoms with Crippen molar-refractivity contribution in [1.29, 1.82) is 0 Å². The number of rotatable bonds is 6. The van der Waals surface area contributed by atoms with Gasteiger partial charge in [0, 0.05) is 20.1 Å². The second kappa shape index (κ2) is 6.43. The summed E-state index contributed by atoms with van der Waals surface area (Å²) >= 11 is 0. The standard InChI is InChI=1S/C12H18O3/c1-10(13)11-4-6-12(7-5-11)15-9-3-8-14-2/h4-7,10,13H,3,8-9H2,1-2H3/t10-/m0/s1. The van der Waals surface area contributed by atoms with Crippen molar-refractivity contribution >= 4 is 0 Å². The zero-order chi connectivity index (χ0) is 11.1. The number of hydrogen-bond acceptors (Lipinski definition) is 3. The van der Waals surface area contributed by atoms with Gasteiger partial charge >= 0.3 is 0 Å². The fourth-order valence-electron chi connectivity index (χ4n) is 1.24. The maximum atomic E-state index is 9.30. The molecular weight excluding hydrogens is 192 g/mol. The van der Waals surface area contributed by atoms with Crippen LogP contribution in [-0.2, 0) is 4.74 Å². The molecule has 0 bridgehead atoms. The van der Waals surface area contributed by atoms with Crippen LogP contribution in [0.1, 0.15) is 25.0 Å². The molecule has 3 heteroatoms. The van der Waals surface area contributed by atoms with Gasteiger partial charge in [0.05, 0.1) is 12.7 Å². The highest BCUT2D eigenvalue weighted by molar-refractivity contribution is 5.28. The molecule has 0 aliphatic heterocycles. The third-order valence-electron chi connectivity index (χ3n) is 2.12. The molecule has 0 spiro atoms. The highest BCUT2D eigenvalue weighted by Gasteiger charge is 2.00. The van der Waals surface area contributed by atoms with E-state index in [0.29, 0.717) is 13.2 Å². The summed E-state index contributed by atoms with van der Waals surface area (Å²) in [6.07, 6.45) is 0.460. The van der Waals surface area contributed by atoms with Gasteiger partial charge < -0.3 is 14.6 Å². The first-order chi connectivity index (χ1) is 7.24. The van der Waals surface area contributed by atoms with Crippen molar-refractivity contribution in [3.8, 4) is 5.75 Å². The molecule has 3 nitrogen and oxygen atoms in total. The average Bonchev–Trinajstić information content (AvgIpc) is 2.25. The summed E-state index contributed by atoms with van der Waals surface area (Å²) in [6.45, 7) is 3.11. The monoisotopic (exact) mass is 210 g/mol. The van der Waals surface area contributed by atoms with Crippen molar-refractivity contribution in [2.45, 2.75) is 19.4 Å². The quantitative estimate of drug-likeness (QED) is 0.731. The van der Waals surface area contributed by atoms with Gasteiger partial charge in [-0.2, -0.15) is 0 Å². The fraction of sp³-hybridized carbons (Fsp3) is 0.500. The van der Waals surface area contributed by atoms with Crippen LogP contribution < -0.4 is 4.74 Å². The van der Waals surface area contributed by atoms with Crippen LogP contribution in [0.4, 0.5) is 0 Å². The van der Waals surface area contributed by atoms with Gasteiger partial charge in [0.2, 0.25) is 0 Å². The van der Waals surface area contributed by atoms with E-state index in [1.165, 1.54) is 0 Å². The van der Waals surface area contributed by atoms with Gasteiger partial charge in [0.15, 0.2) is 0 Å². The van der Waals surface area contributed by atoms with Crippen molar-refractivity contribution in [2.75, 3.05) is 20.3 Å². The highest BCUT2D eigenvalue weighted by Crippen LogP contribution is 2.17. The van der Waals surface area contributed by atoms with Crippen molar-refractivity contribution in [3.05, 3.63) is 29.8 Å². The van der Waals surface area contributed by atoms with Crippen molar-refractivity contribution < 1.29 is 14.6 Å². The maximum absolute atomic E-state index is 9.30. The first-order valence-electron chi connectivity index (χ1n) is 5.14. The summed E-state index contributed by atoms with van der Waals surface area (Å²) in [5, 5.41) is 9.30. The molecule has 0 aromatic heterocycles. The molecular formula is C12H18O3. The second-order valence-corrected chi connectivity index (χ2v) is 3.44. The van der Waals surface area contributed by atoms with E-state index >= 15 is 0 Å². The van der Waals surface area contributed by atoms with Crippen LogP contribution >= 0.6 is 0 Å². The lowest BCUT2D eigenvalue weighted by Crippen LogP contribution is -2.01. The number of methoxy groups -OCH3 is 1. The van der Waals surface area contributed by atoms with Gasteiger partial charge in [-0.15, -0.1) is 0 Å². The molecule has 0 saturated heterocycles. The molecule has 0 aliphatic carbocycles. The van der Waals surface area contributed by atoms with Crippen LogP contribution in [0.2, 0.25) is 0 Å². The summed E-state index contributed by atoms with van der Waals surface area (Å²) in [4.78, 5) is 0. The Balaban J connectivity index is 2.36. The van der Waals surface area contributed by atoms with Gasteiger partial charge in [-0.3, -0.25) is 0 Å². The number of aliphatic hydroxyl groups excluding tert-OH is 1. The van der Waals surface area contributed by atoms with E-state index < -0.39 is 6.10 Å². The number of aliphatic hydroxyl groups is 1. The molecule has 0 aliphatic rings. The van der Waals surface area contributed by atoms with Gasteiger partial charge in [0.1, 0.15) is 5.75 Å². The topological polar surface area (TPSA) is 38.7 Å². The third-order valence-corrected chi connectivity index (χ3v) is 2.12. The minimum Gasteiger partial charge on any atom is -0.494 e. The predicted molar refractivity (Wildman–Crippen MR) is 59.1 cm³/mol. The zero-order valence-electron chi connectivity index (χ0n) is 9.27. The van der Waals surface area contributed by atoms with Crippen LogP contribution in [0.25, 0.3) is 0 Å². The molecule has 0 unspecified atom stereocenters. The third kappa shape index (κ3) is 4.32. The fourth-order valence-corrected chi connectivity index (χ4v) is 1.24. The minimum atomic E-state index is -0.424. The lowest BCUT2D eigenvalue weighted by molar-refractivity contribution is 0.172. The molecule has 0 radical (unpaired) electrons. The summed E-state index contributed by atoms with van der Waals surface area (Å²) in [5.41, 5.74) is 0.902. The molecule has 15 heavy (non-hydrogen) atoms. The van der Waals surface area contributed by atoms with Crippen LogP contribution in [0.3, 0.4) is 0 Å².